The van der Waals surface area contributed by atoms with Crippen molar-refractivity contribution < 1.29 is 14.3 Å². The number of hydrogen-bond acceptors (Lipinski definition) is 9. The predicted molar refractivity (Wildman–Crippen MR) is 111 cm³/mol. The van der Waals surface area contributed by atoms with Crippen LogP contribution in [0.15, 0.2) is 29.7 Å². The molecule has 5 rings (SSSR count). The molecule has 1 unspecified atom stereocenters. The highest BCUT2D eigenvalue weighted by Gasteiger charge is 2.50. The number of aromatic nitrogens is 6. The Morgan fingerprint density at radius 2 is 1.91 bits per heavy atom. The topological polar surface area (TPSA) is 119 Å². The SMILES string of the molecule is CC1=C(N2CCC3(CCN(CC(C)c4ccc(-n5cnnn5)nn4)CC3)C2=O)COC1=O. The minimum atomic E-state index is -0.314. The number of likely N-dealkylation sites (tertiary alicyclic amines) is 2. The molecule has 1 spiro atoms. The van der Waals surface area contributed by atoms with E-state index in [9.17, 15) is 9.59 Å². The van der Waals surface area contributed by atoms with E-state index in [4.69, 9.17) is 4.74 Å². The Morgan fingerprint density at radius 3 is 2.53 bits per heavy atom. The first-order chi connectivity index (χ1) is 15.5. The molecule has 2 aromatic heterocycles. The minimum Gasteiger partial charge on any atom is -0.456 e. The summed E-state index contributed by atoms with van der Waals surface area (Å²) in [4.78, 5) is 29.2. The molecule has 168 valence electrons. The lowest BCUT2D eigenvalue weighted by atomic mass is 9.77. The standard InChI is InChI=1S/C21H26N8O3/c1-14(16-3-4-18(24-23-16)29-13-22-25-26-29)11-27-8-5-21(6-9-27)7-10-28(20(21)31)17-12-32-19(30)15(17)2/h3-4,13-14H,5-12H2,1-2H3. The van der Waals surface area contributed by atoms with Crippen LogP contribution in [0.2, 0.25) is 0 Å². The summed E-state index contributed by atoms with van der Waals surface area (Å²) in [6, 6.07) is 3.82. The van der Waals surface area contributed by atoms with Gasteiger partial charge < -0.3 is 14.5 Å². The summed E-state index contributed by atoms with van der Waals surface area (Å²) in [7, 11) is 0. The van der Waals surface area contributed by atoms with Gasteiger partial charge in [-0.1, -0.05) is 6.92 Å². The van der Waals surface area contributed by atoms with Crippen LogP contribution in [-0.2, 0) is 14.3 Å². The Balaban J connectivity index is 1.18. The Morgan fingerprint density at radius 1 is 1.12 bits per heavy atom. The molecule has 2 saturated heterocycles. The van der Waals surface area contributed by atoms with Crippen molar-refractivity contribution in [2.45, 2.75) is 39.0 Å². The van der Waals surface area contributed by atoms with E-state index < -0.39 is 0 Å². The highest BCUT2D eigenvalue weighted by atomic mass is 16.5. The molecule has 0 N–H and O–H groups in total. The van der Waals surface area contributed by atoms with Gasteiger partial charge in [0.15, 0.2) is 5.82 Å². The van der Waals surface area contributed by atoms with Crippen molar-refractivity contribution in [3.63, 3.8) is 0 Å². The summed E-state index contributed by atoms with van der Waals surface area (Å²) in [5, 5.41) is 19.6. The van der Waals surface area contributed by atoms with Crippen molar-refractivity contribution >= 4 is 11.9 Å². The van der Waals surface area contributed by atoms with Crippen LogP contribution in [0.3, 0.4) is 0 Å². The van der Waals surface area contributed by atoms with Gasteiger partial charge in [-0.05, 0) is 61.8 Å². The third-order valence-electron chi connectivity index (χ3n) is 7.02. The number of tetrazole rings is 1. The zero-order valence-electron chi connectivity index (χ0n) is 18.3. The van der Waals surface area contributed by atoms with Crippen LogP contribution in [0.4, 0.5) is 0 Å². The second-order valence-electron chi connectivity index (χ2n) is 8.91. The van der Waals surface area contributed by atoms with Gasteiger partial charge in [-0.25, -0.2) is 4.79 Å². The summed E-state index contributed by atoms with van der Waals surface area (Å²) in [6.45, 7) is 7.36. The molecule has 1 amide bonds. The maximum Gasteiger partial charge on any atom is 0.336 e. The third kappa shape index (κ3) is 3.56. The minimum absolute atomic E-state index is 0.155. The van der Waals surface area contributed by atoms with Gasteiger partial charge in [-0.15, -0.1) is 10.2 Å². The predicted octanol–water partition coefficient (Wildman–Crippen LogP) is 0.701. The number of carbonyl (C=O) groups is 2. The zero-order chi connectivity index (χ0) is 22.3. The fourth-order valence-electron chi connectivity index (χ4n) is 4.92. The number of esters is 1. The van der Waals surface area contributed by atoms with Gasteiger partial charge >= 0.3 is 5.97 Å². The van der Waals surface area contributed by atoms with Gasteiger partial charge in [0.2, 0.25) is 5.91 Å². The van der Waals surface area contributed by atoms with E-state index in [2.05, 4.69) is 37.5 Å². The highest BCUT2D eigenvalue weighted by molar-refractivity contribution is 5.94. The Labute approximate surface area is 185 Å². The average Bonchev–Trinajstić information content (AvgIpc) is 3.53. The number of rotatable bonds is 5. The average molecular weight is 438 g/mol. The Hall–Kier alpha value is -3.21. The second kappa shape index (κ2) is 8.05. The van der Waals surface area contributed by atoms with Crippen molar-refractivity contribution in [2.75, 3.05) is 32.8 Å². The summed E-state index contributed by atoms with van der Waals surface area (Å²) < 4.78 is 6.58. The molecule has 0 aliphatic carbocycles. The molecule has 5 heterocycles. The van der Waals surface area contributed by atoms with Gasteiger partial charge in [0.1, 0.15) is 12.9 Å². The van der Waals surface area contributed by atoms with E-state index in [0.29, 0.717) is 17.9 Å². The molecule has 0 aromatic carbocycles. The van der Waals surface area contributed by atoms with Crippen LogP contribution in [0, 0.1) is 5.41 Å². The van der Waals surface area contributed by atoms with Crippen LogP contribution >= 0.6 is 0 Å². The number of amides is 1. The fourth-order valence-corrected chi connectivity index (χ4v) is 4.92. The van der Waals surface area contributed by atoms with Crippen LogP contribution in [0.25, 0.3) is 5.82 Å². The number of cyclic esters (lactones) is 1. The largest absolute Gasteiger partial charge is 0.456 e. The van der Waals surface area contributed by atoms with E-state index in [1.807, 2.05) is 12.1 Å². The molecule has 1 atom stereocenters. The van der Waals surface area contributed by atoms with Gasteiger partial charge in [0.05, 0.1) is 22.4 Å². The maximum absolute atomic E-state index is 13.3. The van der Waals surface area contributed by atoms with Gasteiger partial charge in [0, 0.05) is 19.0 Å². The summed E-state index contributed by atoms with van der Waals surface area (Å²) in [6.07, 6.45) is 3.99. The molecule has 3 aliphatic heterocycles. The molecule has 11 nitrogen and oxygen atoms in total. The Bertz CT molecular complexity index is 1040. The number of carbonyl (C=O) groups excluding carboxylic acids is 2. The molecule has 3 aliphatic rings. The summed E-state index contributed by atoms with van der Waals surface area (Å²) in [5.41, 5.74) is 1.91. The normalized spacial score (nSPS) is 22.1. The molecule has 0 radical (unpaired) electrons. The Kier molecular flexibility index (Phi) is 5.20. The lowest BCUT2D eigenvalue weighted by molar-refractivity contribution is -0.138. The van der Waals surface area contributed by atoms with E-state index in [1.54, 1.807) is 11.8 Å². The molecular weight excluding hydrogens is 412 g/mol. The maximum atomic E-state index is 13.3. The summed E-state index contributed by atoms with van der Waals surface area (Å²) in [5.74, 6) is 0.633. The number of ether oxygens (including phenoxy) is 1. The number of nitrogens with zero attached hydrogens (tertiary/aromatic N) is 8. The van der Waals surface area contributed by atoms with Crippen molar-refractivity contribution in [3.05, 3.63) is 35.4 Å². The van der Waals surface area contributed by atoms with Gasteiger partial charge in [0.25, 0.3) is 0 Å². The molecule has 0 saturated carbocycles. The monoisotopic (exact) mass is 438 g/mol. The first-order valence-corrected chi connectivity index (χ1v) is 10.9. The van der Waals surface area contributed by atoms with Crippen molar-refractivity contribution in [2.24, 2.45) is 5.41 Å². The van der Waals surface area contributed by atoms with Crippen LogP contribution < -0.4 is 0 Å². The van der Waals surface area contributed by atoms with Crippen LogP contribution in [-0.4, -0.2) is 84.9 Å². The molecule has 11 heteroatoms. The van der Waals surface area contributed by atoms with E-state index >= 15 is 0 Å². The molecule has 0 bridgehead atoms. The zero-order valence-corrected chi connectivity index (χ0v) is 18.3. The van der Waals surface area contributed by atoms with Crippen molar-refractivity contribution in [1.82, 2.24) is 40.2 Å². The number of hydrogen-bond donors (Lipinski definition) is 0. The lowest BCUT2D eigenvalue weighted by Crippen LogP contribution is -2.45. The van der Waals surface area contributed by atoms with E-state index in [-0.39, 0.29) is 29.8 Å². The fraction of sp³-hybridized carbons (Fsp3) is 0.571. The van der Waals surface area contributed by atoms with E-state index in [1.165, 1.54) is 11.0 Å². The molecule has 2 aromatic rings. The first-order valence-electron chi connectivity index (χ1n) is 10.9. The third-order valence-corrected chi connectivity index (χ3v) is 7.02. The van der Waals surface area contributed by atoms with Crippen molar-refractivity contribution in [1.29, 1.82) is 0 Å². The quantitative estimate of drug-likeness (QED) is 0.621. The van der Waals surface area contributed by atoms with Crippen LogP contribution in [0.5, 0.6) is 0 Å². The van der Waals surface area contributed by atoms with Gasteiger partial charge in [-0.2, -0.15) is 9.78 Å². The van der Waals surface area contributed by atoms with Gasteiger partial charge in [-0.3, -0.25) is 4.79 Å². The van der Waals surface area contributed by atoms with Crippen LogP contribution in [0.1, 0.15) is 44.7 Å². The molecule has 2 fully saturated rings. The molecule has 32 heavy (non-hydrogen) atoms. The highest BCUT2D eigenvalue weighted by Crippen LogP contribution is 2.43. The van der Waals surface area contributed by atoms with Crippen molar-refractivity contribution in [3.8, 4) is 5.82 Å². The van der Waals surface area contributed by atoms with E-state index in [0.717, 1.165) is 50.3 Å². The smallest absolute Gasteiger partial charge is 0.336 e. The second-order valence-corrected chi connectivity index (χ2v) is 8.91. The lowest BCUT2D eigenvalue weighted by Gasteiger charge is -2.38. The summed E-state index contributed by atoms with van der Waals surface area (Å²) >= 11 is 0. The molecular formula is C21H26N8O3. The number of piperidine rings is 1. The first kappa shape index (κ1) is 20.7.